The van der Waals surface area contributed by atoms with Crippen molar-refractivity contribution in [2.45, 2.75) is 26.8 Å². The number of nitrogens with zero attached hydrogens (tertiary/aromatic N) is 2. The molecule has 0 aliphatic rings. The maximum Gasteiger partial charge on any atom is 0.108 e. The van der Waals surface area contributed by atoms with Crippen LogP contribution in [0, 0.1) is 0 Å². The lowest BCUT2D eigenvalue weighted by molar-refractivity contribution is 0.724. The van der Waals surface area contributed by atoms with Gasteiger partial charge in [-0.1, -0.05) is 19.1 Å². The molecule has 1 aromatic rings. The van der Waals surface area contributed by atoms with E-state index in [2.05, 4.69) is 23.1 Å². The molecule has 0 amide bonds. The third-order valence-electron chi connectivity index (χ3n) is 1.56. The van der Waals surface area contributed by atoms with Gasteiger partial charge in [0.2, 0.25) is 0 Å². The Morgan fingerprint density at radius 1 is 1.73 bits per heavy atom. The van der Waals surface area contributed by atoms with Crippen molar-refractivity contribution in [1.29, 1.82) is 0 Å². The zero-order valence-electron chi connectivity index (χ0n) is 7.17. The first-order chi connectivity index (χ1) is 5.24. The number of aryl methyl sites for hydroxylation is 1. The van der Waals surface area contributed by atoms with Crippen LogP contribution in [0.25, 0.3) is 0 Å². The fourth-order valence-electron chi connectivity index (χ4n) is 1.09. The molecule has 1 rings (SSSR count). The smallest absolute Gasteiger partial charge is 0.108 e. The minimum absolute atomic E-state index is 0.892. The van der Waals surface area contributed by atoms with E-state index in [4.69, 9.17) is 0 Å². The van der Waals surface area contributed by atoms with Gasteiger partial charge in [0, 0.05) is 25.4 Å². The van der Waals surface area contributed by atoms with Crippen LogP contribution < -0.4 is 0 Å². The van der Waals surface area contributed by atoms with Gasteiger partial charge in [0.25, 0.3) is 0 Å². The molecule has 0 aliphatic carbocycles. The van der Waals surface area contributed by atoms with E-state index in [1.807, 2.05) is 19.3 Å². The Hall–Kier alpha value is -1.05. The Balaban J connectivity index is 2.76. The van der Waals surface area contributed by atoms with Crippen LogP contribution in [0.4, 0.5) is 0 Å². The van der Waals surface area contributed by atoms with Crippen LogP contribution >= 0.6 is 0 Å². The summed E-state index contributed by atoms with van der Waals surface area (Å²) in [5, 5.41) is 0. The van der Waals surface area contributed by atoms with E-state index in [0.29, 0.717) is 0 Å². The zero-order chi connectivity index (χ0) is 8.27. The molecule has 0 radical (unpaired) electrons. The van der Waals surface area contributed by atoms with Crippen LogP contribution in [0.15, 0.2) is 24.5 Å². The van der Waals surface area contributed by atoms with E-state index in [9.17, 15) is 0 Å². The molecule has 1 aromatic heterocycles. The quantitative estimate of drug-likeness (QED) is 0.603. The Kier molecular flexibility index (Phi) is 2.47. The van der Waals surface area contributed by atoms with E-state index < -0.39 is 0 Å². The molecule has 0 unspecified atom stereocenters. The number of rotatable bonds is 3. The van der Waals surface area contributed by atoms with Gasteiger partial charge in [0.15, 0.2) is 0 Å². The Labute approximate surface area is 67.6 Å². The summed E-state index contributed by atoms with van der Waals surface area (Å²) in [6.45, 7) is 8.88. The number of aromatic nitrogens is 2. The SMILES string of the molecule is C=C(C)Cn1ccnc1CC. The average Bonchev–Trinajstić information content (AvgIpc) is 2.34. The van der Waals surface area contributed by atoms with Gasteiger partial charge >= 0.3 is 0 Å². The number of imidazole rings is 1. The first kappa shape index (κ1) is 8.05. The third kappa shape index (κ3) is 1.93. The van der Waals surface area contributed by atoms with Gasteiger partial charge in [-0.15, -0.1) is 0 Å². The van der Waals surface area contributed by atoms with E-state index in [1.165, 1.54) is 0 Å². The Morgan fingerprint density at radius 2 is 2.45 bits per heavy atom. The summed E-state index contributed by atoms with van der Waals surface area (Å²) in [4.78, 5) is 4.21. The summed E-state index contributed by atoms with van der Waals surface area (Å²) in [5.41, 5.74) is 1.16. The maximum atomic E-state index is 4.21. The van der Waals surface area contributed by atoms with Gasteiger partial charge < -0.3 is 4.57 Å². The van der Waals surface area contributed by atoms with E-state index in [0.717, 1.165) is 24.4 Å². The van der Waals surface area contributed by atoms with Crippen LogP contribution in [-0.4, -0.2) is 9.55 Å². The standard InChI is InChI=1S/C9H14N2/c1-4-9-10-5-6-11(9)7-8(2)3/h5-6H,2,4,7H2,1,3H3. The summed E-state index contributed by atoms with van der Waals surface area (Å²) >= 11 is 0. The van der Waals surface area contributed by atoms with E-state index in [1.54, 1.807) is 0 Å². The lowest BCUT2D eigenvalue weighted by Gasteiger charge is -2.04. The van der Waals surface area contributed by atoms with Crippen molar-refractivity contribution in [3.8, 4) is 0 Å². The largest absolute Gasteiger partial charge is 0.331 e. The van der Waals surface area contributed by atoms with Gasteiger partial charge in [-0.2, -0.15) is 0 Å². The van der Waals surface area contributed by atoms with Crippen molar-refractivity contribution in [3.63, 3.8) is 0 Å². The second-order valence-corrected chi connectivity index (χ2v) is 2.78. The molecule has 0 saturated carbocycles. The first-order valence-corrected chi connectivity index (χ1v) is 3.88. The first-order valence-electron chi connectivity index (χ1n) is 3.88. The van der Waals surface area contributed by atoms with Crippen molar-refractivity contribution >= 4 is 0 Å². The summed E-state index contributed by atoms with van der Waals surface area (Å²) in [6, 6.07) is 0. The molecule has 11 heavy (non-hydrogen) atoms. The predicted molar refractivity (Wildman–Crippen MR) is 46.4 cm³/mol. The highest BCUT2D eigenvalue weighted by Crippen LogP contribution is 2.01. The topological polar surface area (TPSA) is 17.8 Å². The highest BCUT2D eigenvalue weighted by Gasteiger charge is 1.98. The summed E-state index contributed by atoms with van der Waals surface area (Å²) in [7, 11) is 0. The van der Waals surface area contributed by atoms with Gasteiger partial charge in [-0.25, -0.2) is 4.98 Å². The second-order valence-electron chi connectivity index (χ2n) is 2.78. The summed E-state index contributed by atoms with van der Waals surface area (Å²) < 4.78 is 2.13. The number of hydrogen-bond acceptors (Lipinski definition) is 1. The minimum atomic E-state index is 0.892. The lowest BCUT2D eigenvalue weighted by atomic mass is 10.3. The molecule has 60 valence electrons. The normalized spacial score (nSPS) is 10.0. The van der Waals surface area contributed by atoms with Gasteiger partial charge in [-0.3, -0.25) is 0 Å². The highest BCUT2D eigenvalue weighted by atomic mass is 15.1. The van der Waals surface area contributed by atoms with Crippen molar-refractivity contribution in [3.05, 3.63) is 30.4 Å². The third-order valence-corrected chi connectivity index (χ3v) is 1.56. The molecule has 0 fully saturated rings. The van der Waals surface area contributed by atoms with E-state index in [-0.39, 0.29) is 0 Å². The zero-order valence-corrected chi connectivity index (χ0v) is 7.17. The minimum Gasteiger partial charge on any atom is -0.331 e. The van der Waals surface area contributed by atoms with Crippen LogP contribution in [0.3, 0.4) is 0 Å². The fourth-order valence-corrected chi connectivity index (χ4v) is 1.09. The molecule has 2 nitrogen and oxygen atoms in total. The lowest BCUT2D eigenvalue weighted by Crippen LogP contribution is -2.02. The van der Waals surface area contributed by atoms with Crippen LogP contribution in [0.2, 0.25) is 0 Å². The molecular weight excluding hydrogens is 136 g/mol. The van der Waals surface area contributed by atoms with Gasteiger partial charge in [-0.05, 0) is 6.92 Å². The molecular formula is C9H14N2. The highest BCUT2D eigenvalue weighted by molar-refractivity contribution is 4.98. The second kappa shape index (κ2) is 3.37. The van der Waals surface area contributed by atoms with Gasteiger partial charge in [0.05, 0.1) is 0 Å². The molecule has 1 heterocycles. The number of hydrogen-bond donors (Lipinski definition) is 0. The Bertz CT molecular complexity index is 248. The number of allylic oxidation sites excluding steroid dienone is 1. The van der Waals surface area contributed by atoms with Crippen LogP contribution in [-0.2, 0) is 13.0 Å². The van der Waals surface area contributed by atoms with Crippen LogP contribution in [0.1, 0.15) is 19.7 Å². The molecule has 0 saturated heterocycles. The molecule has 0 N–H and O–H groups in total. The monoisotopic (exact) mass is 150 g/mol. The predicted octanol–water partition coefficient (Wildman–Crippen LogP) is 2.02. The van der Waals surface area contributed by atoms with Gasteiger partial charge in [0.1, 0.15) is 5.82 Å². The van der Waals surface area contributed by atoms with E-state index >= 15 is 0 Å². The molecule has 0 aliphatic heterocycles. The van der Waals surface area contributed by atoms with Crippen molar-refractivity contribution in [2.75, 3.05) is 0 Å². The molecule has 0 aromatic carbocycles. The molecule has 0 bridgehead atoms. The maximum absolute atomic E-state index is 4.21. The fraction of sp³-hybridized carbons (Fsp3) is 0.444. The van der Waals surface area contributed by atoms with Crippen molar-refractivity contribution in [2.24, 2.45) is 0 Å². The summed E-state index contributed by atoms with van der Waals surface area (Å²) in [6.07, 6.45) is 4.82. The molecule has 0 spiro atoms. The van der Waals surface area contributed by atoms with Crippen LogP contribution in [0.5, 0.6) is 0 Å². The van der Waals surface area contributed by atoms with Crippen molar-refractivity contribution < 1.29 is 0 Å². The Morgan fingerprint density at radius 3 is 3.00 bits per heavy atom. The molecule has 0 atom stereocenters. The van der Waals surface area contributed by atoms with Crippen molar-refractivity contribution in [1.82, 2.24) is 9.55 Å². The summed E-state index contributed by atoms with van der Waals surface area (Å²) in [5.74, 6) is 1.13. The average molecular weight is 150 g/mol. The molecule has 2 heteroatoms.